The van der Waals surface area contributed by atoms with Crippen LogP contribution in [-0.2, 0) is 9.53 Å². The molecule has 0 saturated carbocycles. The summed E-state index contributed by atoms with van der Waals surface area (Å²) in [5.41, 5.74) is 0.570. The predicted molar refractivity (Wildman–Crippen MR) is 98.9 cm³/mol. The van der Waals surface area contributed by atoms with Crippen LogP contribution in [0, 0.1) is 0 Å². The maximum atomic E-state index is 13.2. The van der Waals surface area contributed by atoms with Gasteiger partial charge in [-0.2, -0.15) is 0 Å². The van der Waals surface area contributed by atoms with Gasteiger partial charge in [0.05, 0.1) is 25.8 Å². The highest BCUT2D eigenvalue weighted by molar-refractivity contribution is 6.15. The number of ether oxygens (including phenoxy) is 2. The van der Waals surface area contributed by atoms with Crippen molar-refractivity contribution in [2.75, 3.05) is 14.2 Å². The molecular weight excluding hydrogens is 364 g/mol. The summed E-state index contributed by atoms with van der Waals surface area (Å²) in [6.07, 6.45) is 0. The Morgan fingerprint density at radius 2 is 1.79 bits per heavy atom. The van der Waals surface area contributed by atoms with Crippen LogP contribution in [0.2, 0.25) is 0 Å². The molecule has 0 aliphatic carbocycles. The van der Waals surface area contributed by atoms with E-state index in [2.05, 4.69) is 10.6 Å². The molecule has 28 heavy (non-hydrogen) atoms. The van der Waals surface area contributed by atoms with Gasteiger partial charge in [0.25, 0.3) is 0 Å². The number of benzene rings is 2. The third kappa shape index (κ3) is 3.52. The zero-order chi connectivity index (χ0) is 20.3. The standard InChI is InChI=1S/C20H18N2O6/c1-27-14-10-12(8-9-13(14)23)16-15(18(24)11-6-4-3-5-7-11)17(19(25)28-2)22-20(26)21-16/h3-10,16,23H,1-2H3,(H2,21,22,26)/t16-/m1/s1. The summed E-state index contributed by atoms with van der Waals surface area (Å²) in [6, 6.07) is 11.1. The van der Waals surface area contributed by atoms with Gasteiger partial charge < -0.3 is 25.2 Å². The maximum Gasteiger partial charge on any atom is 0.355 e. The Bertz CT molecular complexity index is 968. The summed E-state index contributed by atoms with van der Waals surface area (Å²) in [7, 11) is 2.54. The quantitative estimate of drug-likeness (QED) is 0.539. The fourth-order valence-corrected chi connectivity index (χ4v) is 2.94. The number of Topliss-reactive ketones (excluding diaryl/α,β-unsaturated/α-hetero) is 1. The molecule has 2 aromatic carbocycles. The number of amides is 2. The average Bonchev–Trinajstić information content (AvgIpc) is 2.73. The van der Waals surface area contributed by atoms with Crippen molar-refractivity contribution in [3.63, 3.8) is 0 Å². The number of hydrogen-bond acceptors (Lipinski definition) is 6. The van der Waals surface area contributed by atoms with E-state index < -0.39 is 23.8 Å². The number of rotatable bonds is 5. The van der Waals surface area contributed by atoms with Crippen molar-refractivity contribution in [3.8, 4) is 11.5 Å². The topological polar surface area (TPSA) is 114 Å². The number of aromatic hydroxyl groups is 1. The van der Waals surface area contributed by atoms with E-state index in [9.17, 15) is 19.5 Å². The Morgan fingerprint density at radius 3 is 2.43 bits per heavy atom. The van der Waals surface area contributed by atoms with E-state index in [1.54, 1.807) is 30.3 Å². The molecule has 2 aromatic rings. The number of ketones is 1. The van der Waals surface area contributed by atoms with E-state index in [0.717, 1.165) is 7.11 Å². The Morgan fingerprint density at radius 1 is 1.07 bits per heavy atom. The normalized spacial score (nSPS) is 16.1. The maximum absolute atomic E-state index is 13.2. The molecule has 1 aliphatic rings. The van der Waals surface area contributed by atoms with Gasteiger partial charge in [0.2, 0.25) is 0 Å². The molecule has 0 bridgehead atoms. The largest absolute Gasteiger partial charge is 0.504 e. The van der Waals surface area contributed by atoms with E-state index >= 15 is 0 Å². The van der Waals surface area contributed by atoms with E-state index in [0.29, 0.717) is 11.1 Å². The summed E-state index contributed by atoms with van der Waals surface area (Å²) >= 11 is 0. The summed E-state index contributed by atoms with van der Waals surface area (Å²) in [4.78, 5) is 37.6. The van der Waals surface area contributed by atoms with Gasteiger partial charge in [0, 0.05) is 5.56 Å². The number of urea groups is 1. The monoisotopic (exact) mass is 382 g/mol. The smallest absolute Gasteiger partial charge is 0.355 e. The van der Waals surface area contributed by atoms with E-state index in [4.69, 9.17) is 9.47 Å². The molecule has 3 N–H and O–H groups in total. The molecular formula is C20H18N2O6. The van der Waals surface area contributed by atoms with Crippen LogP contribution in [0.1, 0.15) is 22.0 Å². The molecule has 0 unspecified atom stereocenters. The molecule has 0 aromatic heterocycles. The van der Waals surface area contributed by atoms with Crippen LogP contribution in [-0.4, -0.2) is 37.1 Å². The lowest BCUT2D eigenvalue weighted by Gasteiger charge is -2.29. The second-order valence-corrected chi connectivity index (χ2v) is 5.94. The van der Waals surface area contributed by atoms with Gasteiger partial charge in [-0.05, 0) is 17.7 Å². The third-order valence-electron chi connectivity index (χ3n) is 4.28. The van der Waals surface area contributed by atoms with Crippen molar-refractivity contribution in [1.29, 1.82) is 0 Å². The molecule has 0 radical (unpaired) electrons. The number of phenolic OH excluding ortho intramolecular Hbond substituents is 1. The van der Waals surface area contributed by atoms with Gasteiger partial charge in [-0.1, -0.05) is 36.4 Å². The summed E-state index contributed by atoms with van der Waals surface area (Å²) in [5.74, 6) is -1.23. The van der Waals surface area contributed by atoms with Crippen molar-refractivity contribution < 1.29 is 29.0 Å². The molecule has 2 amide bonds. The lowest BCUT2D eigenvalue weighted by molar-refractivity contribution is -0.136. The zero-order valence-corrected chi connectivity index (χ0v) is 15.2. The second-order valence-electron chi connectivity index (χ2n) is 5.94. The van der Waals surface area contributed by atoms with Crippen LogP contribution in [0.5, 0.6) is 11.5 Å². The molecule has 0 saturated heterocycles. The number of phenols is 1. The van der Waals surface area contributed by atoms with Crippen LogP contribution in [0.25, 0.3) is 0 Å². The first kappa shape index (κ1) is 19.0. The minimum absolute atomic E-state index is 0.0189. The Hall–Kier alpha value is -3.81. The Balaban J connectivity index is 2.19. The number of methoxy groups -OCH3 is 2. The highest BCUT2D eigenvalue weighted by Crippen LogP contribution is 2.34. The lowest BCUT2D eigenvalue weighted by Crippen LogP contribution is -2.47. The number of hydrogen-bond donors (Lipinski definition) is 3. The van der Waals surface area contributed by atoms with Crippen molar-refractivity contribution in [2.24, 2.45) is 0 Å². The van der Waals surface area contributed by atoms with Gasteiger partial charge in [-0.3, -0.25) is 4.79 Å². The van der Waals surface area contributed by atoms with Gasteiger partial charge in [-0.25, -0.2) is 9.59 Å². The number of carbonyl (C=O) groups excluding carboxylic acids is 3. The molecule has 1 aliphatic heterocycles. The minimum Gasteiger partial charge on any atom is -0.504 e. The Labute approximate surface area is 160 Å². The number of esters is 1. The van der Waals surface area contributed by atoms with Crippen molar-refractivity contribution >= 4 is 17.8 Å². The van der Waals surface area contributed by atoms with Crippen molar-refractivity contribution in [3.05, 3.63) is 70.9 Å². The SMILES string of the molecule is COC(=O)C1=C(C(=O)c2ccccc2)[C@@H](c2ccc(O)c(OC)c2)NC(=O)N1. The minimum atomic E-state index is -0.954. The van der Waals surface area contributed by atoms with Crippen LogP contribution < -0.4 is 15.4 Å². The average molecular weight is 382 g/mol. The van der Waals surface area contributed by atoms with Gasteiger partial charge >= 0.3 is 12.0 Å². The highest BCUT2D eigenvalue weighted by atomic mass is 16.5. The van der Waals surface area contributed by atoms with Crippen molar-refractivity contribution in [1.82, 2.24) is 10.6 Å². The molecule has 144 valence electrons. The van der Waals surface area contributed by atoms with E-state index in [-0.39, 0.29) is 22.8 Å². The summed E-state index contributed by atoms with van der Waals surface area (Å²) in [6.45, 7) is 0. The molecule has 0 fully saturated rings. The molecule has 1 atom stereocenters. The first-order valence-corrected chi connectivity index (χ1v) is 8.33. The highest BCUT2D eigenvalue weighted by Gasteiger charge is 2.36. The molecule has 8 heteroatoms. The number of carbonyl (C=O) groups is 3. The fourth-order valence-electron chi connectivity index (χ4n) is 2.94. The predicted octanol–water partition coefficient (Wildman–Crippen LogP) is 2.06. The van der Waals surface area contributed by atoms with Crippen LogP contribution in [0.4, 0.5) is 4.79 Å². The first-order chi connectivity index (χ1) is 13.5. The Kier molecular flexibility index (Phi) is 5.30. The van der Waals surface area contributed by atoms with Crippen molar-refractivity contribution in [2.45, 2.75) is 6.04 Å². The summed E-state index contributed by atoms with van der Waals surface area (Å²) < 4.78 is 9.85. The van der Waals surface area contributed by atoms with Crippen LogP contribution >= 0.6 is 0 Å². The zero-order valence-electron chi connectivity index (χ0n) is 15.2. The van der Waals surface area contributed by atoms with E-state index in [1.807, 2.05) is 0 Å². The molecule has 0 spiro atoms. The first-order valence-electron chi connectivity index (χ1n) is 8.33. The second kappa shape index (κ2) is 7.83. The van der Waals surface area contributed by atoms with Gasteiger partial charge in [0.15, 0.2) is 17.3 Å². The fraction of sp³-hybridized carbons (Fsp3) is 0.150. The summed E-state index contributed by atoms with van der Waals surface area (Å²) in [5, 5.41) is 14.8. The van der Waals surface area contributed by atoms with Crippen LogP contribution in [0.3, 0.4) is 0 Å². The number of nitrogens with one attached hydrogen (secondary N) is 2. The van der Waals surface area contributed by atoms with Gasteiger partial charge in [0.1, 0.15) is 5.70 Å². The lowest BCUT2D eigenvalue weighted by atomic mass is 9.89. The van der Waals surface area contributed by atoms with Gasteiger partial charge in [-0.15, -0.1) is 0 Å². The third-order valence-corrected chi connectivity index (χ3v) is 4.28. The molecule has 1 heterocycles. The van der Waals surface area contributed by atoms with Crippen LogP contribution in [0.15, 0.2) is 59.8 Å². The molecule has 8 nitrogen and oxygen atoms in total. The molecule has 3 rings (SSSR count). The van der Waals surface area contributed by atoms with E-state index in [1.165, 1.54) is 25.3 Å².